The van der Waals surface area contributed by atoms with E-state index in [4.69, 9.17) is 15.6 Å². The molecule has 0 saturated carbocycles. The molecular weight excluding hydrogens is 220 g/mol. The van der Waals surface area contributed by atoms with Crippen molar-refractivity contribution in [2.45, 2.75) is 51.0 Å². The molecule has 0 aliphatic rings. The predicted octanol–water partition coefficient (Wildman–Crippen LogP) is 1.92. The number of hydrogen-bond acceptors (Lipinski definition) is 3. The third-order valence-corrected chi connectivity index (χ3v) is 8.95. The molecule has 1 atom stereocenters. The van der Waals surface area contributed by atoms with Crippen molar-refractivity contribution in [3.8, 4) is 0 Å². The molecule has 0 aliphatic carbocycles. The van der Waals surface area contributed by atoms with E-state index in [0.29, 0.717) is 0 Å². The summed E-state index contributed by atoms with van der Waals surface area (Å²) in [6.07, 6.45) is 3.46. The first-order valence-corrected chi connectivity index (χ1v) is 11.2. The molecule has 0 aliphatic heterocycles. The van der Waals surface area contributed by atoms with Crippen molar-refractivity contribution in [1.29, 1.82) is 0 Å². The van der Waals surface area contributed by atoms with Gasteiger partial charge >= 0.3 is 0 Å². The molecule has 0 aromatic carbocycles. The molecule has 5 heteroatoms. The van der Waals surface area contributed by atoms with Crippen molar-refractivity contribution in [3.63, 3.8) is 0 Å². The molecule has 0 saturated heterocycles. The van der Waals surface area contributed by atoms with E-state index in [0.717, 1.165) is 25.9 Å². The van der Waals surface area contributed by atoms with E-state index in [-0.39, 0.29) is 0 Å². The number of nitrogens with two attached hydrogens (primary N) is 2. The summed E-state index contributed by atoms with van der Waals surface area (Å²) < 4.78 is 6.23. The topological polar surface area (TPSA) is 61.3 Å². The smallest absolute Gasteiger partial charge is 0.191 e. The van der Waals surface area contributed by atoms with Gasteiger partial charge in [-0.25, -0.2) is 0 Å². The lowest BCUT2D eigenvalue weighted by molar-refractivity contribution is 0.547. The second-order valence-electron chi connectivity index (χ2n) is 4.60. The molecule has 15 heavy (non-hydrogen) atoms. The normalized spacial score (nSPS) is 15.6. The number of unbranched alkanes of at least 4 members (excludes halogenated alkanes) is 1. The third-order valence-electron chi connectivity index (χ3n) is 2.52. The van der Waals surface area contributed by atoms with Crippen LogP contribution in [0.15, 0.2) is 0 Å². The second-order valence-corrected chi connectivity index (χ2v) is 11.1. The fourth-order valence-electron chi connectivity index (χ4n) is 1.84. The van der Waals surface area contributed by atoms with Gasteiger partial charge in [0.05, 0.1) is 0 Å². The summed E-state index contributed by atoms with van der Waals surface area (Å²) in [6, 6.07) is 2.46. The van der Waals surface area contributed by atoms with Gasteiger partial charge in [0, 0.05) is 0 Å². The quantitative estimate of drug-likeness (QED) is 0.483. The minimum atomic E-state index is -1.46. The Hall–Kier alpha value is 0.314. The van der Waals surface area contributed by atoms with Gasteiger partial charge in [-0.15, -0.1) is 0 Å². The lowest BCUT2D eigenvalue weighted by atomic mass is 10.3. The molecule has 0 rings (SSSR count). The summed E-state index contributed by atoms with van der Waals surface area (Å²) in [5, 5.41) is 0. The van der Waals surface area contributed by atoms with Crippen molar-refractivity contribution >= 4 is 17.4 Å². The summed E-state index contributed by atoms with van der Waals surface area (Å²) in [5.74, 6) is 0. The maximum Gasteiger partial charge on any atom is 0.191 e. The summed E-state index contributed by atoms with van der Waals surface area (Å²) >= 11 is 0. The van der Waals surface area contributed by atoms with Gasteiger partial charge < -0.3 is 15.6 Å². The zero-order valence-corrected chi connectivity index (χ0v) is 12.5. The highest BCUT2D eigenvalue weighted by molar-refractivity contribution is 6.78. The molecule has 0 aromatic rings. The zero-order chi connectivity index (χ0) is 11.7. The monoisotopic (exact) mass is 247 g/mol. The van der Waals surface area contributed by atoms with Gasteiger partial charge in [0.2, 0.25) is 0 Å². The highest BCUT2D eigenvalue weighted by Gasteiger charge is 2.28. The molecule has 0 amide bonds. The zero-order valence-electron chi connectivity index (χ0n) is 10.5. The van der Waals surface area contributed by atoms with Crippen LogP contribution in [0.25, 0.3) is 0 Å². The first-order chi connectivity index (χ1) is 7.04. The van der Waals surface area contributed by atoms with Crippen molar-refractivity contribution in [2.24, 2.45) is 11.5 Å². The van der Waals surface area contributed by atoms with Crippen LogP contribution in [0.3, 0.4) is 0 Å². The van der Waals surface area contributed by atoms with Crippen LogP contribution in [0.2, 0.25) is 31.7 Å². The van der Waals surface area contributed by atoms with Crippen LogP contribution in [0.4, 0.5) is 0 Å². The van der Waals surface area contributed by atoms with Crippen LogP contribution >= 0.6 is 0 Å². The molecule has 1 radical (unpaired) electrons. The minimum Gasteiger partial charge on any atom is -0.456 e. The molecule has 0 spiro atoms. The largest absolute Gasteiger partial charge is 0.456 e. The van der Waals surface area contributed by atoms with E-state index < -0.39 is 17.4 Å². The Bertz CT molecular complexity index is 158. The lowest BCUT2D eigenvalue weighted by Crippen LogP contribution is -2.39. The van der Waals surface area contributed by atoms with Crippen molar-refractivity contribution in [3.05, 3.63) is 0 Å². The Morgan fingerprint density at radius 1 is 1.00 bits per heavy atom. The maximum atomic E-state index is 6.23. The van der Waals surface area contributed by atoms with Crippen LogP contribution in [0, 0.1) is 0 Å². The van der Waals surface area contributed by atoms with Gasteiger partial charge in [0.15, 0.2) is 17.4 Å². The fraction of sp³-hybridized carbons (Fsp3) is 1.00. The summed E-state index contributed by atoms with van der Waals surface area (Å²) in [6.45, 7) is 8.40. The van der Waals surface area contributed by atoms with E-state index in [1.165, 1.54) is 18.5 Å². The molecule has 0 aromatic heterocycles. The van der Waals surface area contributed by atoms with Crippen molar-refractivity contribution in [2.75, 3.05) is 13.1 Å². The minimum absolute atomic E-state index is 0.568. The lowest BCUT2D eigenvalue weighted by Gasteiger charge is -2.29. The van der Waals surface area contributed by atoms with Crippen LogP contribution in [0.1, 0.15) is 19.3 Å². The SMILES string of the molecule is C[Si](C)O[Si](C)(CCCN)CCCCN. The Morgan fingerprint density at radius 3 is 2.00 bits per heavy atom. The highest BCUT2D eigenvalue weighted by Crippen LogP contribution is 2.22. The average Bonchev–Trinajstić information content (AvgIpc) is 2.14. The van der Waals surface area contributed by atoms with Gasteiger partial charge in [-0.05, 0) is 57.7 Å². The number of rotatable bonds is 9. The molecule has 3 nitrogen and oxygen atoms in total. The predicted molar refractivity (Wildman–Crippen MR) is 71.8 cm³/mol. The van der Waals surface area contributed by atoms with Crippen LogP contribution in [-0.4, -0.2) is 30.4 Å². The summed E-state index contributed by atoms with van der Waals surface area (Å²) in [7, 11) is -2.03. The Kier molecular flexibility index (Phi) is 8.64. The van der Waals surface area contributed by atoms with E-state index >= 15 is 0 Å². The van der Waals surface area contributed by atoms with Crippen molar-refractivity contribution in [1.82, 2.24) is 0 Å². The molecule has 0 bridgehead atoms. The number of hydrogen-bond donors (Lipinski definition) is 2. The first-order valence-electron chi connectivity index (χ1n) is 5.93. The summed E-state index contributed by atoms with van der Waals surface area (Å²) in [5.41, 5.74) is 11.1. The average molecular weight is 248 g/mol. The van der Waals surface area contributed by atoms with E-state index in [2.05, 4.69) is 19.6 Å². The summed E-state index contributed by atoms with van der Waals surface area (Å²) in [4.78, 5) is 0. The Labute approximate surface area is 97.4 Å². The maximum absolute atomic E-state index is 6.23. The first kappa shape index (κ1) is 15.3. The van der Waals surface area contributed by atoms with Gasteiger partial charge in [-0.3, -0.25) is 0 Å². The molecule has 1 unspecified atom stereocenters. The van der Waals surface area contributed by atoms with Gasteiger partial charge in [0.25, 0.3) is 0 Å². The van der Waals surface area contributed by atoms with Gasteiger partial charge in [-0.1, -0.05) is 6.42 Å². The highest BCUT2D eigenvalue weighted by atomic mass is 28.4. The Morgan fingerprint density at radius 2 is 1.53 bits per heavy atom. The molecule has 0 heterocycles. The Balaban J connectivity index is 4.01. The van der Waals surface area contributed by atoms with Gasteiger partial charge in [0.1, 0.15) is 0 Å². The van der Waals surface area contributed by atoms with Crippen molar-refractivity contribution < 1.29 is 4.12 Å². The van der Waals surface area contributed by atoms with E-state index in [1.54, 1.807) is 0 Å². The fourth-order valence-corrected chi connectivity index (χ4v) is 8.80. The molecule has 0 fully saturated rings. The standard InChI is InChI=1S/C10H27N2OSi2/c1-14(2)13-15(3,10-6-8-12)9-5-4-7-11/h4-12H2,1-3H3. The molecule has 4 N–H and O–H groups in total. The van der Waals surface area contributed by atoms with Crippen LogP contribution in [-0.2, 0) is 4.12 Å². The molecular formula is C10H27N2OSi2. The van der Waals surface area contributed by atoms with E-state index in [1.807, 2.05) is 0 Å². The van der Waals surface area contributed by atoms with Crippen LogP contribution in [0.5, 0.6) is 0 Å². The van der Waals surface area contributed by atoms with Gasteiger partial charge in [-0.2, -0.15) is 0 Å². The van der Waals surface area contributed by atoms with E-state index in [9.17, 15) is 0 Å². The molecule has 91 valence electrons. The second kappa shape index (κ2) is 8.46. The van der Waals surface area contributed by atoms with Crippen LogP contribution < -0.4 is 11.5 Å². The third kappa shape index (κ3) is 8.16.